The molecule has 88 valence electrons. The summed E-state index contributed by atoms with van der Waals surface area (Å²) >= 11 is 0. The molecule has 0 amide bonds. The van der Waals surface area contributed by atoms with E-state index >= 15 is 0 Å². The minimum Gasteiger partial charge on any atom is -0.481 e. The number of nitrogens with zero attached hydrogens (tertiary/aromatic N) is 1. The molecule has 0 saturated heterocycles. The number of hydrogen-bond donors (Lipinski definition) is 1. The van der Waals surface area contributed by atoms with Crippen LogP contribution < -0.4 is 0 Å². The van der Waals surface area contributed by atoms with Crippen molar-refractivity contribution in [2.24, 2.45) is 0 Å². The molecule has 5 heteroatoms. The Morgan fingerprint density at radius 2 is 2.18 bits per heavy atom. The number of halogens is 1. The summed E-state index contributed by atoms with van der Waals surface area (Å²) < 4.78 is 18.4. The standard InChI is InChI=1S/C12H10FNO3/c13-10-4-2-1-3-8(10)5-11-14-9(7-17-11)6-12(15)16/h1-4,7H,5-6H2,(H,15,16). The molecule has 0 atom stereocenters. The molecule has 1 heterocycles. The Balaban J connectivity index is 2.12. The van der Waals surface area contributed by atoms with Crippen molar-refractivity contribution in [2.45, 2.75) is 12.8 Å². The number of aliphatic carboxylic acids is 1. The average molecular weight is 235 g/mol. The van der Waals surface area contributed by atoms with Gasteiger partial charge in [-0.25, -0.2) is 9.37 Å². The highest BCUT2D eigenvalue weighted by molar-refractivity contribution is 5.69. The van der Waals surface area contributed by atoms with Gasteiger partial charge in [-0.2, -0.15) is 0 Å². The first-order chi connectivity index (χ1) is 8.15. The predicted molar refractivity (Wildman–Crippen MR) is 57.0 cm³/mol. The number of rotatable bonds is 4. The fourth-order valence-electron chi connectivity index (χ4n) is 1.47. The third-order valence-electron chi connectivity index (χ3n) is 2.23. The van der Waals surface area contributed by atoms with Crippen molar-refractivity contribution in [2.75, 3.05) is 0 Å². The molecule has 0 fully saturated rings. The summed E-state index contributed by atoms with van der Waals surface area (Å²) in [7, 11) is 0. The fraction of sp³-hybridized carbons (Fsp3) is 0.167. The van der Waals surface area contributed by atoms with Crippen LogP contribution in [-0.4, -0.2) is 16.1 Å². The van der Waals surface area contributed by atoms with E-state index in [9.17, 15) is 9.18 Å². The van der Waals surface area contributed by atoms with Gasteiger partial charge in [0.05, 0.1) is 18.5 Å². The van der Waals surface area contributed by atoms with Crippen molar-refractivity contribution in [1.82, 2.24) is 4.98 Å². The van der Waals surface area contributed by atoms with Crippen molar-refractivity contribution in [3.05, 3.63) is 53.5 Å². The van der Waals surface area contributed by atoms with Crippen LogP contribution in [0.1, 0.15) is 17.1 Å². The monoisotopic (exact) mass is 235 g/mol. The van der Waals surface area contributed by atoms with E-state index in [1.165, 1.54) is 12.3 Å². The molecule has 2 rings (SSSR count). The Hall–Kier alpha value is -2.17. The molecule has 1 aromatic heterocycles. The molecule has 0 aliphatic rings. The lowest BCUT2D eigenvalue weighted by molar-refractivity contribution is -0.136. The van der Waals surface area contributed by atoms with E-state index in [1.807, 2.05) is 0 Å². The van der Waals surface area contributed by atoms with Gasteiger partial charge >= 0.3 is 5.97 Å². The normalized spacial score (nSPS) is 10.4. The van der Waals surface area contributed by atoms with Crippen LogP contribution in [-0.2, 0) is 17.6 Å². The topological polar surface area (TPSA) is 63.3 Å². The van der Waals surface area contributed by atoms with Gasteiger partial charge in [0.2, 0.25) is 0 Å². The van der Waals surface area contributed by atoms with Gasteiger partial charge in [0.25, 0.3) is 0 Å². The van der Waals surface area contributed by atoms with E-state index in [4.69, 9.17) is 9.52 Å². The zero-order chi connectivity index (χ0) is 12.3. The summed E-state index contributed by atoms with van der Waals surface area (Å²) in [5.74, 6) is -0.993. The second-order valence-corrected chi connectivity index (χ2v) is 3.57. The molecule has 0 bridgehead atoms. The largest absolute Gasteiger partial charge is 0.481 e. The molecule has 0 radical (unpaired) electrons. The number of carboxylic acids is 1. The zero-order valence-corrected chi connectivity index (χ0v) is 8.89. The molecule has 17 heavy (non-hydrogen) atoms. The number of hydrogen-bond acceptors (Lipinski definition) is 3. The molecule has 0 spiro atoms. The van der Waals surface area contributed by atoms with Gasteiger partial charge in [-0.3, -0.25) is 4.79 Å². The fourth-order valence-corrected chi connectivity index (χ4v) is 1.47. The molecule has 4 nitrogen and oxygen atoms in total. The van der Waals surface area contributed by atoms with E-state index in [0.29, 0.717) is 17.1 Å². The van der Waals surface area contributed by atoms with E-state index in [0.717, 1.165) is 0 Å². The van der Waals surface area contributed by atoms with Crippen LogP contribution in [0, 0.1) is 5.82 Å². The first-order valence-electron chi connectivity index (χ1n) is 5.03. The maximum absolute atomic E-state index is 13.3. The SMILES string of the molecule is O=C(O)Cc1coc(Cc2ccccc2F)n1. The van der Waals surface area contributed by atoms with Gasteiger partial charge in [-0.15, -0.1) is 0 Å². The van der Waals surface area contributed by atoms with E-state index < -0.39 is 5.97 Å². The van der Waals surface area contributed by atoms with Crippen LogP contribution in [0.4, 0.5) is 4.39 Å². The highest BCUT2D eigenvalue weighted by atomic mass is 19.1. The third kappa shape index (κ3) is 2.90. The summed E-state index contributed by atoms with van der Waals surface area (Å²) in [6.45, 7) is 0. The second-order valence-electron chi connectivity index (χ2n) is 3.57. The average Bonchev–Trinajstić information content (AvgIpc) is 2.68. The highest BCUT2D eigenvalue weighted by Gasteiger charge is 2.10. The minimum atomic E-state index is -0.976. The predicted octanol–water partition coefficient (Wildman–Crippen LogP) is 2.03. The Morgan fingerprint density at radius 1 is 1.41 bits per heavy atom. The first-order valence-corrected chi connectivity index (χ1v) is 5.03. The van der Waals surface area contributed by atoms with Gasteiger partial charge in [-0.1, -0.05) is 18.2 Å². The molecule has 2 aromatic rings. The van der Waals surface area contributed by atoms with Gasteiger partial charge in [-0.05, 0) is 11.6 Å². The number of aromatic nitrogens is 1. The lowest BCUT2D eigenvalue weighted by Crippen LogP contribution is -2.00. The molecule has 0 unspecified atom stereocenters. The van der Waals surface area contributed by atoms with Crippen LogP contribution in [0.5, 0.6) is 0 Å². The molecular formula is C12H10FNO3. The Bertz CT molecular complexity index is 536. The number of oxazole rings is 1. The smallest absolute Gasteiger partial charge is 0.309 e. The highest BCUT2D eigenvalue weighted by Crippen LogP contribution is 2.13. The molecule has 1 aromatic carbocycles. The first kappa shape index (κ1) is 11.3. The maximum atomic E-state index is 13.3. The van der Waals surface area contributed by atoms with Crippen LogP contribution in [0.2, 0.25) is 0 Å². The van der Waals surface area contributed by atoms with Crippen molar-refractivity contribution < 1.29 is 18.7 Å². The summed E-state index contributed by atoms with van der Waals surface area (Å²) in [4.78, 5) is 14.4. The van der Waals surface area contributed by atoms with E-state index in [1.54, 1.807) is 18.2 Å². The second kappa shape index (κ2) is 4.78. The minimum absolute atomic E-state index is 0.194. The van der Waals surface area contributed by atoms with Crippen molar-refractivity contribution in [3.63, 3.8) is 0 Å². The van der Waals surface area contributed by atoms with Gasteiger partial charge in [0.1, 0.15) is 12.1 Å². The molecule has 0 saturated carbocycles. The number of benzene rings is 1. The molecule has 0 aliphatic carbocycles. The van der Waals surface area contributed by atoms with Gasteiger partial charge < -0.3 is 9.52 Å². The molecular weight excluding hydrogens is 225 g/mol. The van der Waals surface area contributed by atoms with Crippen LogP contribution >= 0.6 is 0 Å². The summed E-state index contributed by atoms with van der Waals surface area (Å²) in [6.07, 6.45) is 1.30. The Labute approximate surface area is 96.7 Å². The van der Waals surface area contributed by atoms with E-state index in [-0.39, 0.29) is 18.7 Å². The van der Waals surface area contributed by atoms with Gasteiger partial charge in [0.15, 0.2) is 5.89 Å². The summed E-state index contributed by atoms with van der Waals surface area (Å²) in [5, 5.41) is 8.57. The van der Waals surface area contributed by atoms with Crippen LogP contribution in [0.25, 0.3) is 0 Å². The summed E-state index contributed by atoms with van der Waals surface area (Å²) in [5.41, 5.74) is 0.806. The Kier molecular flexibility index (Phi) is 3.18. The maximum Gasteiger partial charge on any atom is 0.309 e. The van der Waals surface area contributed by atoms with Gasteiger partial charge in [0, 0.05) is 0 Å². The van der Waals surface area contributed by atoms with E-state index in [2.05, 4.69) is 4.98 Å². The van der Waals surface area contributed by atoms with Crippen LogP contribution in [0.15, 0.2) is 34.9 Å². The molecule has 0 aliphatic heterocycles. The van der Waals surface area contributed by atoms with Crippen LogP contribution in [0.3, 0.4) is 0 Å². The molecule has 1 N–H and O–H groups in total. The van der Waals surface area contributed by atoms with Crippen molar-refractivity contribution in [3.8, 4) is 0 Å². The Morgan fingerprint density at radius 3 is 2.88 bits per heavy atom. The lowest BCUT2D eigenvalue weighted by Gasteiger charge is -1.98. The number of carboxylic acid groups (broad SMARTS) is 1. The summed E-state index contributed by atoms with van der Waals surface area (Å²) in [6, 6.07) is 6.32. The number of carbonyl (C=O) groups is 1. The van der Waals surface area contributed by atoms with Crippen molar-refractivity contribution >= 4 is 5.97 Å². The lowest BCUT2D eigenvalue weighted by atomic mass is 10.1. The third-order valence-corrected chi connectivity index (χ3v) is 2.23. The van der Waals surface area contributed by atoms with Crippen molar-refractivity contribution in [1.29, 1.82) is 0 Å². The quantitative estimate of drug-likeness (QED) is 0.880. The zero-order valence-electron chi connectivity index (χ0n) is 8.89.